The molecule has 0 unspecified atom stereocenters. The fourth-order valence-electron chi connectivity index (χ4n) is 2.02. The Morgan fingerprint density at radius 2 is 1.78 bits per heavy atom. The Morgan fingerprint density at radius 3 is 2.28 bits per heavy atom. The van der Waals surface area contributed by atoms with Gasteiger partial charge in [-0.3, -0.25) is 0 Å². The number of hydrogen-bond donors (Lipinski definition) is 0. The van der Waals surface area contributed by atoms with Crippen molar-refractivity contribution in [3.63, 3.8) is 0 Å². The maximum atomic E-state index is 11.6. The highest BCUT2D eigenvalue weighted by atomic mass is 16.6. The minimum Gasteiger partial charge on any atom is -0.460 e. The van der Waals surface area contributed by atoms with Crippen LogP contribution in [-0.2, 0) is 14.3 Å². The van der Waals surface area contributed by atoms with Gasteiger partial charge >= 0.3 is 5.97 Å². The molecule has 0 spiro atoms. The highest BCUT2D eigenvalue weighted by Crippen LogP contribution is 2.17. The van der Waals surface area contributed by atoms with Gasteiger partial charge in [-0.25, -0.2) is 4.79 Å². The molecule has 0 amide bonds. The third-order valence-corrected chi connectivity index (χ3v) is 3.17. The molecule has 0 N–H and O–H groups in total. The molecule has 0 aromatic carbocycles. The summed E-state index contributed by atoms with van der Waals surface area (Å²) < 4.78 is 11.8. The fourth-order valence-corrected chi connectivity index (χ4v) is 2.02. The van der Waals surface area contributed by atoms with Gasteiger partial charge in [0.1, 0.15) is 12.7 Å². The monoisotopic (exact) mass is 258 g/mol. The number of carbonyl (C=O) groups is 1. The van der Waals surface area contributed by atoms with Crippen molar-refractivity contribution in [2.45, 2.75) is 39.7 Å². The molecule has 0 bridgehead atoms. The summed E-state index contributed by atoms with van der Waals surface area (Å²) in [5.41, 5.74) is 0.0899. The Kier molecular flexibility index (Phi) is 5.17. The molecule has 0 saturated carbocycles. The summed E-state index contributed by atoms with van der Waals surface area (Å²) in [5.74, 6) is -0.226. The average molecular weight is 258 g/mol. The lowest BCUT2D eigenvalue weighted by Crippen LogP contribution is -2.48. The largest absolute Gasteiger partial charge is 0.460 e. The van der Waals surface area contributed by atoms with Gasteiger partial charge in [-0.05, 0) is 5.41 Å². The van der Waals surface area contributed by atoms with Crippen molar-refractivity contribution in [1.29, 1.82) is 0 Å². The lowest BCUT2D eigenvalue weighted by Gasteiger charge is -2.36. The lowest BCUT2D eigenvalue weighted by atomic mass is 9.99. The standard InChI is InChI=1S/C14H28NO3/c1-14(2,3)11-17-10-13(16)18-12-6-8-15(4,5)9-7-12/h12H,6-11H2,1-5H3/q+1. The van der Waals surface area contributed by atoms with Crippen molar-refractivity contribution < 1.29 is 18.8 Å². The highest BCUT2D eigenvalue weighted by molar-refractivity contribution is 5.70. The molecule has 0 atom stereocenters. The van der Waals surface area contributed by atoms with Gasteiger partial charge < -0.3 is 14.0 Å². The molecule has 1 aliphatic heterocycles. The van der Waals surface area contributed by atoms with E-state index in [2.05, 4.69) is 34.9 Å². The third kappa shape index (κ3) is 6.36. The van der Waals surface area contributed by atoms with E-state index in [1.807, 2.05) is 0 Å². The van der Waals surface area contributed by atoms with E-state index < -0.39 is 0 Å². The molecule has 4 nitrogen and oxygen atoms in total. The summed E-state index contributed by atoms with van der Waals surface area (Å²) in [6, 6.07) is 0. The minimum atomic E-state index is -0.226. The molecule has 0 radical (unpaired) electrons. The molecule has 4 heteroatoms. The number of hydrogen-bond acceptors (Lipinski definition) is 3. The van der Waals surface area contributed by atoms with Gasteiger partial charge in [0.05, 0.1) is 33.8 Å². The van der Waals surface area contributed by atoms with Crippen molar-refractivity contribution in [2.24, 2.45) is 5.41 Å². The molecule has 1 heterocycles. The molecule has 1 aliphatic rings. The van der Waals surface area contributed by atoms with Crippen molar-refractivity contribution in [3.8, 4) is 0 Å². The normalized spacial score (nSPS) is 20.7. The van der Waals surface area contributed by atoms with Crippen LogP contribution in [0.1, 0.15) is 33.6 Å². The van der Waals surface area contributed by atoms with Crippen LogP contribution in [-0.4, -0.2) is 57.0 Å². The van der Waals surface area contributed by atoms with Crippen LogP contribution in [0.2, 0.25) is 0 Å². The van der Waals surface area contributed by atoms with Crippen LogP contribution in [0.3, 0.4) is 0 Å². The van der Waals surface area contributed by atoms with Crippen LogP contribution in [0.25, 0.3) is 0 Å². The second-order valence-corrected chi connectivity index (χ2v) is 7.13. The first-order valence-electron chi connectivity index (χ1n) is 6.77. The van der Waals surface area contributed by atoms with Crippen LogP contribution < -0.4 is 0 Å². The molecular formula is C14H28NO3+. The maximum absolute atomic E-state index is 11.6. The first-order chi connectivity index (χ1) is 8.18. The molecule has 1 rings (SSSR count). The van der Waals surface area contributed by atoms with Crippen LogP contribution in [0.15, 0.2) is 0 Å². The summed E-state index contributed by atoms with van der Waals surface area (Å²) in [7, 11) is 4.43. The van der Waals surface area contributed by atoms with E-state index in [0.29, 0.717) is 6.61 Å². The summed E-state index contributed by atoms with van der Waals surface area (Å²) in [4.78, 5) is 11.6. The molecule has 106 valence electrons. The number of carbonyl (C=O) groups excluding carboxylic acids is 1. The topological polar surface area (TPSA) is 35.5 Å². The Morgan fingerprint density at radius 1 is 1.22 bits per heavy atom. The summed E-state index contributed by atoms with van der Waals surface area (Å²) >= 11 is 0. The number of likely N-dealkylation sites (tertiary alicyclic amines) is 1. The summed E-state index contributed by atoms with van der Waals surface area (Å²) in [5, 5.41) is 0. The van der Waals surface area contributed by atoms with E-state index in [1.54, 1.807) is 0 Å². The van der Waals surface area contributed by atoms with Crippen LogP contribution in [0.4, 0.5) is 0 Å². The second kappa shape index (κ2) is 6.02. The predicted octanol–water partition coefficient (Wildman–Crippen LogP) is 1.83. The summed E-state index contributed by atoms with van der Waals surface area (Å²) in [6.07, 6.45) is 2.00. The molecule has 1 saturated heterocycles. The zero-order valence-corrected chi connectivity index (χ0v) is 12.5. The van der Waals surface area contributed by atoms with Gasteiger partial charge in [0, 0.05) is 12.8 Å². The number of quaternary nitrogens is 1. The SMILES string of the molecule is CC(C)(C)COCC(=O)OC1CC[N+](C)(C)CC1. The van der Waals surface area contributed by atoms with E-state index in [9.17, 15) is 4.79 Å². The first kappa shape index (κ1) is 15.4. The Labute approximate surface area is 111 Å². The fraction of sp³-hybridized carbons (Fsp3) is 0.929. The predicted molar refractivity (Wildman–Crippen MR) is 71.2 cm³/mol. The van der Waals surface area contributed by atoms with E-state index in [0.717, 1.165) is 30.4 Å². The van der Waals surface area contributed by atoms with Gasteiger partial charge in [0.2, 0.25) is 0 Å². The summed E-state index contributed by atoms with van der Waals surface area (Å²) in [6.45, 7) is 9.04. The second-order valence-electron chi connectivity index (χ2n) is 7.13. The minimum absolute atomic E-state index is 0.0754. The Balaban J connectivity index is 2.17. The van der Waals surface area contributed by atoms with Crippen LogP contribution in [0.5, 0.6) is 0 Å². The van der Waals surface area contributed by atoms with Gasteiger partial charge in [0.25, 0.3) is 0 Å². The van der Waals surface area contributed by atoms with E-state index in [4.69, 9.17) is 9.47 Å². The van der Waals surface area contributed by atoms with Crippen molar-refractivity contribution in [3.05, 3.63) is 0 Å². The quantitative estimate of drug-likeness (QED) is 0.570. The Bertz CT molecular complexity index is 271. The zero-order valence-electron chi connectivity index (χ0n) is 12.5. The molecule has 0 aromatic heterocycles. The number of ether oxygens (including phenoxy) is 2. The molecule has 0 aromatic rings. The van der Waals surface area contributed by atoms with Gasteiger partial charge in [0.15, 0.2) is 0 Å². The third-order valence-electron chi connectivity index (χ3n) is 3.17. The first-order valence-corrected chi connectivity index (χ1v) is 6.77. The van der Waals surface area contributed by atoms with Gasteiger partial charge in [-0.2, -0.15) is 0 Å². The highest BCUT2D eigenvalue weighted by Gasteiger charge is 2.28. The zero-order chi connectivity index (χ0) is 13.8. The van der Waals surface area contributed by atoms with Gasteiger partial charge in [-0.15, -0.1) is 0 Å². The van der Waals surface area contributed by atoms with Crippen molar-refractivity contribution >= 4 is 5.97 Å². The molecular weight excluding hydrogens is 230 g/mol. The van der Waals surface area contributed by atoms with Crippen molar-refractivity contribution in [2.75, 3.05) is 40.4 Å². The Hall–Kier alpha value is -0.610. The van der Waals surface area contributed by atoms with Crippen LogP contribution >= 0.6 is 0 Å². The number of nitrogens with zero attached hydrogens (tertiary/aromatic N) is 1. The van der Waals surface area contributed by atoms with E-state index >= 15 is 0 Å². The van der Waals surface area contributed by atoms with Crippen molar-refractivity contribution in [1.82, 2.24) is 0 Å². The number of piperidine rings is 1. The smallest absolute Gasteiger partial charge is 0.332 e. The van der Waals surface area contributed by atoms with Crippen LogP contribution in [0, 0.1) is 5.41 Å². The molecule has 1 fully saturated rings. The van der Waals surface area contributed by atoms with E-state index in [-0.39, 0.29) is 24.1 Å². The van der Waals surface area contributed by atoms with E-state index in [1.165, 1.54) is 0 Å². The molecule has 0 aliphatic carbocycles. The lowest BCUT2D eigenvalue weighted by molar-refractivity contribution is -0.896. The number of esters is 1. The van der Waals surface area contributed by atoms with Gasteiger partial charge in [-0.1, -0.05) is 20.8 Å². The average Bonchev–Trinajstić information content (AvgIpc) is 2.19. The molecule has 18 heavy (non-hydrogen) atoms. The number of rotatable bonds is 4. The maximum Gasteiger partial charge on any atom is 0.332 e.